The molecule has 0 aromatic rings. The number of hydrogen-bond donors (Lipinski definition) is 2. The number of alkyl halides is 1. The summed E-state index contributed by atoms with van der Waals surface area (Å²) < 4.78 is 12.8. The first-order valence-corrected chi connectivity index (χ1v) is 5.16. The van der Waals surface area contributed by atoms with Gasteiger partial charge in [0.1, 0.15) is 5.84 Å². The van der Waals surface area contributed by atoms with Crippen molar-refractivity contribution >= 4 is 17.6 Å². The van der Waals surface area contributed by atoms with Crippen molar-refractivity contribution in [2.24, 2.45) is 4.99 Å². The quantitative estimate of drug-likeness (QED) is 0.552. The standard InChI is InChI=1S/C9H13FN4O2/c10-7-8(15)12-6(13-9(7)16)5-14-3-1-11-2-4-14/h7,11H,1-5H2,(H,12,13,15,16). The third-order valence-electron chi connectivity index (χ3n) is 2.54. The lowest BCUT2D eigenvalue weighted by molar-refractivity contribution is -0.134. The molecule has 2 amide bonds. The minimum Gasteiger partial charge on any atom is -0.314 e. The van der Waals surface area contributed by atoms with Gasteiger partial charge in [0, 0.05) is 26.2 Å². The Hall–Kier alpha value is -1.34. The van der Waals surface area contributed by atoms with Gasteiger partial charge in [-0.05, 0) is 0 Å². The van der Waals surface area contributed by atoms with Gasteiger partial charge in [0.05, 0.1) is 6.54 Å². The van der Waals surface area contributed by atoms with Crippen LogP contribution in [-0.2, 0) is 9.59 Å². The van der Waals surface area contributed by atoms with Crippen LogP contribution in [0, 0.1) is 0 Å². The zero-order valence-corrected chi connectivity index (χ0v) is 8.70. The molecule has 0 aromatic heterocycles. The van der Waals surface area contributed by atoms with Gasteiger partial charge >= 0.3 is 0 Å². The number of carbonyl (C=O) groups excluding carboxylic acids is 2. The molecule has 1 unspecified atom stereocenters. The van der Waals surface area contributed by atoms with Crippen LogP contribution < -0.4 is 10.6 Å². The Kier molecular flexibility index (Phi) is 3.25. The number of aliphatic imine (C=N–C) groups is 1. The molecule has 2 N–H and O–H groups in total. The van der Waals surface area contributed by atoms with Crippen molar-refractivity contribution in [3.05, 3.63) is 0 Å². The van der Waals surface area contributed by atoms with Crippen LogP contribution in [-0.4, -0.2) is 61.4 Å². The molecule has 1 fully saturated rings. The molecule has 2 aliphatic rings. The summed E-state index contributed by atoms with van der Waals surface area (Å²) in [6, 6.07) is 0. The van der Waals surface area contributed by atoms with Crippen molar-refractivity contribution in [3.8, 4) is 0 Å². The molecule has 0 radical (unpaired) electrons. The summed E-state index contributed by atoms with van der Waals surface area (Å²) in [6.07, 6.45) is -2.15. The Labute approximate surface area is 91.9 Å². The fraction of sp³-hybridized carbons (Fsp3) is 0.667. The highest BCUT2D eigenvalue weighted by Gasteiger charge is 2.32. The summed E-state index contributed by atoms with van der Waals surface area (Å²) >= 11 is 0. The number of halogens is 1. The highest BCUT2D eigenvalue weighted by Crippen LogP contribution is 2.02. The summed E-state index contributed by atoms with van der Waals surface area (Å²) in [4.78, 5) is 27.6. The first-order valence-electron chi connectivity index (χ1n) is 5.16. The van der Waals surface area contributed by atoms with Crippen molar-refractivity contribution in [2.45, 2.75) is 6.17 Å². The van der Waals surface area contributed by atoms with Crippen molar-refractivity contribution in [2.75, 3.05) is 32.7 Å². The molecule has 88 valence electrons. The Bertz CT molecular complexity index is 338. The van der Waals surface area contributed by atoms with E-state index in [2.05, 4.69) is 15.6 Å². The second-order valence-electron chi connectivity index (χ2n) is 3.77. The van der Waals surface area contributed by atoms with Gasteiger partial charge in [-0.1, -0.05) is 0 Å². The molecule has 0 aliphatic carbocycles. The number of amides is 2. The van der Waals surface area contributed by atoms with Crippen molar-refractivity contribution < 1.29 is 14.0 Å². The minimum absolute atomic E-state index is 0.241. The number of hydrogen-bond acceptors (Lipinski definition) is 4. The van der Waals surface area contributed by atoms with Gasteiger partial charge < -0.3 is 10.6 Å². The van der Waals surface area contributed by atoms with Gasteiger partial charge in [-0.15, -0.1) is 0 Å². The second-order valence-corrected chi connectivity index (χ2v) is 3.77. The summed E-state index contributed by atoms with van der Waals surface area (Å²) in [5, 5.41) is 5.48. The average Bonchev–Trinajstić information content (AvgIpc) is 2.27. The molecule has 2 rings (SSSR count). The average molecular weight is 228 g/mol. The number of nitrogens with zero attached hydrogens (tertiary/aromatic N) is 2. The number of carbonyl (C=O) groups is 2. The van der Waals surface area contributed by atoms with Crippen LogP contribution in [0.25, 0.3) is 0 Å². The molecular weight excluding hydrogens is 215 g/mol. The zero-order valence-electron chi connectivity index (χ0n) is 8.70. The van der Waals surface area contributed by atoms with E-state index in [1.165, 1.54) is 0 Å². The Morgan fingerprint density at radius 1 is 1.38 bits per heavy atom. The largest absolute Gasteiger partial charge is 0.314 e. The van der Waals surface area contributed by atoms with E-state index in [4.69, 9.17) is 0 Å². The van der Waals surface area contributed by atoms with E-state index < -0.39 is 18.0 Å². The molecule has 16 heavy (non-hydrogen) atoms. The van der Waals surface area contributed by atoms with E-state index in [1.807, 2.05) is 4.90 Å². The Morgan fingerprint density at radius 3 is 2.69 bits per heavy atom. The summed E-state index contributed by atoms with van der Waals surface area (Å²) in [5.41, 5.74) is 0. The van der Waals surface area contributed by atoms with Crippen LogP contribution in [0.3, 0.4) is 0 Å². The van der Waals surface area contributed by atoms with Gasteiger partial charge in [0.25, 0.3) is 18.0 Å². The topological polar surface area (TPSA) is 73.8 Å². The van der Waals surface area contributed by atoms with E-state index in [1.54, 1.807) is 0 Å². The van der Waals surface area contributed by atoms with Gasteiger partial charge in [0.2, 0.25) is 0 Å². The molecule has 0 spiro atoms. The van der Waals surface area contributed by atoms with Crippen molar-refractivity contribution in [3.63, 3.8) is 0 Å². The number of nitrogens with one attached hydrogen (secondary N) is 2. The van der Waals surface area contributed by atoms with Gasteiger partial charge in [0.15, 0.2) is 0 Å². The number of rotatable bonds is 2. The van der Waals surface area contributed by atoms with E-state index in [0.29, 0.717) is 6.54 Å². The lowest BCUT2D eigenvalue weighted by atomic mass is 10.2. The van der Waals surface area contributed by atoms with Crippen LogP contribution in [0.15, 0.2) is 4.99 Å². The van der Waals surface area contributed by atoms with E-state index in [9.17, 15) is 14.0 Å². The summed E-state index contributed by atoms with van der Waals surface area (Å²) in [5.74, 6) is -1.68. The van der Waals surface area contributed by atoms with Crippen molar-refractivity contribution in [1.82, 2.24) is 15.5 Å². The molecule has 1 atom stereocenters. The smallest absolute Gasteiger partial charge is 0.291 e. The van der Waals surface area contributed by atoms with E-state index in [0.717, 1.165) is 26.2 Å². The lowest BCUT2D eigenvalue weighted by Gasteiger charge is -2.28. The number of amidine groups is 1. The molecule has 0 bridgehead atoms. The molecule has 0 saturated carbocycles. The van der Waals surface area contributed by atoms with Crippen LogP contribution in [0.2, 0.25) is 0 Å². The van der Waals surface area contributed by atoms with Gasteiger partial charge in [-0.25, -0.2) is 4.39 Å². The van der Waals surface area contributed by atoms with Crippen LogP contribution >= 0.6 is 0 Å². The van der Waals surface area contributed by atoms with Crippen LogP contribution in [0.1, 0.15) is 0 Å². The second kappa shape index (κ2) is 4.67. The first-order chi connectivity index (χ1) is 7.66. The monoisotopic (exact) mass is 228 g/mol. The van der Waals surface area contributed by atoms with Crippen LogP contribution in [0.4, 0.5) is 4.39 Å². The van der Waals surface area contributed by atoms with Crippen molar-refractivity contribution in [1.29, 1.82) is 0 Å². The first kappa shape index (κ1) is 11.2. The maximum absolute atomic E-state index is 12.8. The summed E-state index contributed by atoms with van der Waals surface area (Å²) in [6.45, 7) is 3.75. The fourth-order valence-corrected chi connectivity index (χ4v) is 1.69. The van der Waals surface area contributed by atoms with Gasteiger partial charge in [-0.2, -0.15) is 4.99 Å². The highest BCUT2D eigenvalue weighted by molar-refractivity contribution is 6.18. The molecular formula is C9H13FN4O2. The molecule has 2 heterocycles. The Morgan fingerprint density at radius 2 is 2.06 bits per heavy atom. The predicted molar refractivity (Wildman–Crippen MR) is 54.8 cm³/mol. The normalized spacial score (nSPS) is 27.6. The van der Waals surface area contributed by atoms with Crippen LogP contribution in [0.5, 0.6) is 0 Å². The van der Waals surface area contributed by atoms with E-state index >= 15 is 0 Å². The minimum atomic E-state index is -2.15. The third-order valence-corrected chi connectivity index (χ3v) is 2.54. The molecule has 7 heteroatoms. The summed E-state index contributed by atoms with van der Waals surface area (Å²) in [7, 11) is 0. The lowest BCUT2D eigenvalue weighted by Crippen LogP contribution is -2.52. The maximum Gasteiger partial charge on any atom is 0.291 e. The maximum atomic E-state index is 12.8. The Balaban J connectivity index is 1.96. The molecule has 6 nitrogen and oxygen atoms in total. The highest BCUT2D eigenvalue weighted by atomic mass is 19.1. The third kappa shape index (κ3) is 2.42. The molecule has 1 saturated heterocycles. The molecule has 0 aromatic carbocycles. The van der Waals surface area contributed by atoms with Gasteiger partial charge in [-0.3, -0.25) is 14.5 Å². The fourth-order valence-electron chi connectivity index (χ4n) is 1.69. The predicted octanol–water partition coefficient (Wildman–Crippen LogP) is -1.72. The SMILES string of the molecule is O=C1N=C(CN2CCNCC2)NC(=O)C1F. The molecule has 2 aliphatic heterocycles. The zero-order chi connectivity index (χ0) is 11.5. The number of piperazine rings is 1. The van der Waals surface area contributed by atoms with E-state index in [-0.39, 0.29) is 5.84 Å².